The highest BCUT2D eigenvalue weighted by molar-refractivity contribution is 6.30. The van der Waals surface area contributed by atoms with Gasteiger partial charge in [0, 0.05) is 11.6 Å². The Labute approximate surface area is 90.5 Å². The highest BCUT2D eigenvalue weighted by Crippen LogP contribution is 2.36. The lowest BCUT2D eigenvalue weighted by molar-refractivity contribution is 0.612. The number of halogens is 1. The van der Waals surface area contributed by atoms with Gasteiger partial charge in [-0.15, -0.1) is 0 Å². The zero-order valence-electron chi connectivity index (χ0n) is 8.46. The monoisotopic (exact) mass is 209 g/mol. The van der Waals surface area contributed by atoms with Crippen LogP contribution in [-0.2, 0) is 6.54 Å². The van der Waals surface area contributed by atoms with Crippen molar-refractivity contribution < 1.29 is 0 Å². The Balaban J connectivity index is 1.74. The van der Waals surface area contributed by atoms with Crippen LogP contribution in [-0.4, -0.2) is 6.54 Å². The molecule has 1 fully saturated rings. The summed E-state index contributed by atoms with van der Waals surface area (Å²) in [4.78, 5) is 0. The lowest BCUT2D eigenvalue weighted by atomic mass is 10.2. The van der Waals surface area contributed by atoms with Crippen LogP contribution in [0.5, 0.6) is 0 Å². The molecule has 0 heterocycles. The first-order valence-electron chi connectivity index (χ1n) is 5.21. The van der Waals surface area contributed by atoms with Crippen LogP contribution in [0.25, 0.3) is 0 Å². The Bertz CT molecular complexity index is 311. The maximum absolute atomic E-state index is 5.89. The van der Waals surface area contributed by atoms with E-state index in [0.29, 0.717) is 0 Å². The SMILES string of the molecule is CC1CC1CNCc1cccc(Cl)c1. The van der Waals surface area contributed by atoms with Gasteiger partial charge in [-0.25, -0.2) is 0 Å². The second-order valence-electron chi connectivity index (χ2n) is 4.23. The molecule has 1 aromatic carbocycles. The molecular formula is C12H16ClN. The lowest BCUT2D eigenvalue weighted by Crippen LogP contribution is -2.16. The molecule has 0 spiro atoms. The Morgan fingerprint density at radius 2 is 2.29 bits per heavy atom. The molecule has 0 aromatic heterocycles. The maximum atomic E-state index is 5.89. The van der Waals surface area contributed by atoms with E-state index in [9.17, 15) is 0 Å². The van der Waals surface area contributed by atoms with Gasteiger partial charge in [0.15, 0.2) is 0 Å². The summed E-state index contributed by atoms with van der Waals surface area (Å²) < 4.78 is 0. The van der Waals surface area contributed by atoms with Gasteiger partial charge in [-0.05, 0) is 42.5 Å². The van der Waals surface area contributed by atoms with Crippen molar-refractivity contribution in [2.45, 2.75) is 19.9 Å². The molecule has 1 aliphatic carbocycles. The zero-order chi connectivity index (χ0) is 9.97. The summed E-state index contributed by atoms with van der Waals surface area (Å²) in [5, 5.41) is 4.29. The summed E-state index contributed by atoms with van der Waals surface area (Å²) in [6.07, 6.45) is 1.39. The van der Waals surface area contributed by atoms with Crippen molar-refractivity contribution >= 4 is 11.6 Å². The van der Waals surface area contributed by atoms with Crippen LogP contribution in [0.1, 0.15) is 18.9 Å². The van der Waals surface area contributed by atoms with Crippen molar-refractivity contribution in [3.05, 3.63) is 34.9 Å². The average Bonchev–Trinajstić information content (AvgIpc) is 2.82. The molecule has 0 saturated heterocycles. The van der Waals surface area contributed by atoms with Gasteiger partial charge in [-0.2, -0.15) is 0 Å². The Kier molecular flexibility index (Phi) is 3.09. The number of benzene rings is 1. The number of hydrogen-bond acceptors (Lipinski definition) is 1. The van der Waals surface area contributed by atoms with Crippen molar-refractivity contribution in [1.82, 2.24) is 5.32 Å². The molecule has 0 radical (unpaired) electrons. The summed E-state index contributed by atoms with van der Waals surface area (Å²) in [6.45, 7) is 4.39. The molecule has 0 aliphatic heterocycles. The number of hydrogen-bond donors (Lipinski definition) is 1. The minimum absolute atomic E-state index is 0.823. The van der Waals surface area contributed by atoms with E-state index in [1.807, 2.05) is 18.2 Å². The molecular weight excluding hydrogens is 194 g/mol. The quantitative estimate of drug-likeness (QED) is 0.804. The van der Waals surface area contributed by atoms with E-state index >= 15 is 0 Å². The van der Waals surface area contributed by atoms with E-state index in [0.717, 1.165) is 29.9 Å². The topological polar surface area (TPSA) is 12.0 Å². The van der Waals surface area contributed by atoms with E-state index in [1.54, 1.807) is 0 Å². The zero-order valence-corrected chi connectivity index (χ0v) is 9.22. The maximum Gasteiger partial charge on any atom is 0.0409 e. The van der Waals surface area contributed by atoms with Crippen molar-refractivity contribution in [1.29, 1.82) is 0 Å². The van der Waals surface area contributed by atoms with E-state index < -0.39 is 0 Å². The Morgan fingerprint density at radius 3 is 2.93 bits per heavy atom. The van der Waals surface area contributed by atoms with Crippen LogP contribution in [0.4, 0.5) is 0 Å². The predicted octanol–water partition coefficient (Wildman–Crippen LogP) is 3.09. The molecule has 1 aliphatic rings. The highest BCUT2D eigenvalue weighted by Gasteiger charge is 2.31. The third-order valence-electron chi connectivity index (χ3n) is 2.90. The second kappa shape index (κ2) is 4.33. The number of rotatable bonds is 4. The predicted molar refractivity (Wildman–Crippen MR) is 60.4 cm³/mol. The molecule has 1 saturated carbocycles. The van der Waals surface area contributed by atoms with Crippen LogP contribution in [0, 0.1) is 11.8 Å². The van der Waals surface area contributed by atoms with Gasteiger partial charge in [0.25, 0.3) is 0 Å². The third kappa shape index (κ3) is 2.73. The molecule has 2 rings (SSSR count). The van der Waals surface area contributed by atoms with Crippen molar-refractivity contribution in [3.8, 4) is 0 Å². The minimum atomic E-state index is 0.823. The Hall–Kier alpha value is -0.530. The van der Waals surface area contributed by atoms with Gasteiger partial charge in [-0.3, -0.25) is 0 Å². The standard InChI is InChI=1S/C12H16ClN/c1-9-5-11(9)8-14-7-10-3-2-4-12(13)6-10/h2-4,6,9,11,14H,5,7-8H2,1H3. The van der Waals surface area contributed by atoms with Crippen molar-refractivity contribution in [2.24, 2.45) is 11.8 Å². The third-order valence-corrected chi connectivity index (χ3v) is 3.14. The summed E-state index contributed by atoms with van der Waals surface area (Å²) in [5.74, 6) is 1.84. The first-order chi connectivity index (χ1) is 6.75. The molecule has 0 amide bonds. The summed E-state index contributed by atoms with van der Waals surface area (Å²) in [5.41, 5.74) is 1.27. The summed E-state index contributed by atoms with van der Waals surface area (Å²) in [7, 11) is 0. The van der Waals surface area contributed by atoms with Crippen molar-refractivity contribution in [2.75, 3.05) is 6.54 Å². The van der Waals surface area contributed by atoms with Crippen LogP contribution >= 0.6 is 11.6 Å². The fourth-order valence-electron chi connectivity index (χ4n) is 1.73. The van der Waals surface area contributed by atoms with E-state index in [1.165, 1.54) is 12.0 Å². The molecule has 2 atom stereocenters. The summed E-state index contributed by atoms with van der Waals surface area (Å²) >= 11 is 5.89. The molecule has 1 aromatic rings. The fourth-order valence-corrected chi connectivity index (χ4v) is 1.95. The molecule has 1 nitrogen and oxygen atoms in total. The highest BCUT2D eigenvalue weighted by atomic mass is 35.5. The first-order valence-corrected chi connectivity index (χ1v) is 5.58. The van der Waals surface area contributed by atoms with Crippen molar-refractivity contribution in [3.63, 3.8) is 0 Å². The molecule has 14 heavy (non-hydrogen) atoms. The largest absolute Gasteiger partial charge is 0.312 e. The van der Waals surface area contributed by atoms with Crippen LogP contribution in [0.3, 0.4) is 0 Å². The van der Waals surface area contributed by atoms with E-state index in [-0.39, 0.29) is 0 Å². The molecule has 1 N–H and O–H groups in total. The first kappa shape index (κ1) is 10.0. The van der Waals surface area contributed by atoms with Gasteiger partial charge >= 0.3 is 0 Å². The lowest BCUT2D eigenvalue weighted by Gasteiger charge is -2.04. The van der Waals surface area contributed by atoms with Gasteiger partial charge in [0.1, 0.15) is 0 Å². The van der Waals surface area contributed by atoms with E-state index in [2.05, 4.69) is 18.3 Å². The Morgan fingerprint density at radius 1 is 1.50 bits per heavy atom. The smallest absolute Gasteiger partial charge is 0.0409 e. The van der Waals surface area contributed by atoms with Gasteiger partial charge in [-0.1, -0.05) is 30.7 Å². The molecule has 2 heteroatoms. The molecule has 76 valence electrons. The van der Waals surface area contributed by atoms with Crippen LogP contribution < -0.4 is 5.32 Å². The normalized spacial score (nSPS) is 25.0. The number of nitrogens with one attached hydrogen (secondary N) is 1. The fraction of sp³-hybridized carbons (Fsp3) is 0.500. The van der Waals surface area contributed by atoms with E-state index in [4.69, 9.17) is 11.6 Å². The minimum Gasteiger partial charge on any atom is -0.312 e. The molecule has 2 unspecified atom stereocenters. The van der Waals surface area contributed by atoms with Gasteiger partial charge in [0.2, 0.25) is 0 Å². The summed E-state index contributed by atoms with van der Waals surface area (Å²) in [6, 6.07) is 8.03. The van der Waals surface area contributed by atoms with Crippen LogP contribution in [0.15, 0.2) is 24.3 Å². The average molecular weight is 210 g/mol. The second-order valence-corrected chi connectivity index (χ2v) is 4.67. The van der Waals surface area contributed by atoms with Crippen LogP contribution in [0.2, 0.25) is 5.02 Å². The van der Waals surface area contributed by atoms with Gasteiger partial charge in [0.05, 0.1) is 0 Å². The van der Waals surface area contributed by atoms with Gasteiger partial charge < -0.3 is 5.32 Å². The molecule has 0 bridgehead atoms.